The number of anilines is 2. The van der Waals surface area contributed by atoms with E-state index in [0.29, 0.717) is 17.4 Å². The van der Waals surface area contributed by atoms with Crippen LogP contribution in [0.25, 0.3) is 0 Å². The minimum absolute atomic E-state index is 0.0684. The van der Waals surface area contributed by atoms with Gasteiger partial charge in [0.15, 0.2) is 0 Å². The number of hydrogen-bond acceptors (Lipinski definition) is 4. The van der Waals surface area contributed by atoms with E-state index in [1.807, 2.05) is 24.3 Å². The molecule has 0 saturated carbocycles. The summed E-state index contributed by atoms with van der Waals surface area (Å²) >= 11 is 0. The van der Waals surface area contributed by atoms with Gasteiger partial charge in [-0.05, 0) is 72.8 Å². The molecule has 0 aromatic heterocycles. The highest BCUT2D eigenvalue weighted by Gasteiger charge is 2.24. The van der Waals surface area contributed by atoms with Gasteiger partial charge in [-0.3, -0.25) is 4.79 Å². The number of hydrogen-bond donors (Lipinski definition) is 2. The van der Waals surface area contributed by atoms with Crippen LogP contribution in [0.1, 0.15) is 39.7 Å². The summed E-state index contributed by atoms with van der Waals surface area (Å²) in [5.74, 6) is 0.945. The summed E-state index contributed by atoms with van der Waals surface area (Å²) in [7, 11) is 2.16. The number of nitrogens with one attached hydrogen (secondary N) is 2. The van der Waals surface area contributed by atoms with Crippen molar-refractivity contribution in [2.45, 2.75) is 18.3 Å². The number of benzene rings is 3. The molecule has 5 rings (SSSR count). The summed E-state index contributed by atoms with van der Waals surface area (Å²) in [5.41, 5.74) is 5.43. The smallest absolute Gasteiger partial charge is 0.255 e. The Hall–Kier alpha value is -3.15. The van der Waals surface area contributed by atoms with E-state index in [1.165, 1.54) is 16.8 Å². The van der Waals surface area contributed by atoms with Crippen LogP contribution in [-0.2, 0) is 0 Å². The summed E-state index contributed by atoms with van der Waals surface area (Å²) < 4.78 is 0. The molecule has 3 aromatic rings. The van der Waals surface area contributed by atoms with Gasteiger partial charge >= 0.3 is 0 Å². The molecule has 2 saturated heterocycles. The third-order valence-electron chi connectivity index (χ3n) is 7.26. The first kappa shape index (κ1) is 22.6. The lowest BCUT2D eigenvalue weighted by Gasteiger charge is -2.34. The molecule has 3 aromatic carbocycles. The van der Waals surface area contributed by atoms with E-state index in [1.54, 1.807) is 0 Å². The zero-order valence-electron chi connectivity index (χ0n) is 19.9. The van der Waals surface area contributed by atoms with Crippen LogP contribution in [-0.4, -0.2) is 57.1 Å². The lowest BCUT2D eigenvalue weighted by Crippen LogP contribution is -2.44. The van der Waals surface area contributed by atoms with Crippen LogP contribution in [0.5, 0.6) is 0 Å². The van der Waals surface area contributed by atoms with E-state index >= 15 is 0 Å². The van der Waals surface area contributed by atoms with E-state index in [-0.39, 0.29) is 5.91 Å². The maximum Gasteiger partial charge on any atom is 0.255 e. The maximum atomic E-state index is 12.8. The quantitative estimate of drug-likeness (QED) is 0.594. The van der Waals surface area contributed by atoms with Gasteiger partial charge in [0.2, 0.25) is 0 Å². The van der Waals surface area contributed by atoms with Gasteiger partial charge in [0.05, 0.1) is 0 Å². The summed E-state index contributed by atoms with van der Waals surface area (Å²) in [6, 6.07) is 27.1. The maximum absolute atomic E-state index is 12.8. The van der Waals surface area contributed by atoms with Crippen LogP contribution in [0, 0.1) is 0 Å². The molecule has 2 aliphatic rings. The summed E-state index contributed by atoms with van der Waals surface area (Å²) in [6.45, 7) is 6.22. The van der Waals surface area contributed by atoms with E-state index in [4.69, 9.17) is 0 Å². The predicted octanol–water partition coefficient (Wildman–Crippen LogP) is 4.55. The molecule has 2 heterocycles. The van der Waals surface area contributed by atoms with Crippen molar-refractivity contribution in [3.05, 3.63) is 95.6 Å². The van der Waals surface area contributed by atoms with Gasteiger partial charge in [-0.1, -0.05) is 42.5 Å². The molecule has 2 fully saturated rings. The normalized spacial score (nSPS) is 21.3. The highest BCUT2D eigenvalue weighted by Crippen LogP contribution is 2.32. The van der Waals surface area contributed by atoms with Crippen molar-refractivity contribution in [1.82, 2.24) is 10.2 Å². The summed E-state index contributed by atoms with van der Waals surface area (Å²) in [6.07, 6.45) is 1.14. The van der Waals surface area contributed by atoms with Gasteiger partial charge in [-0.2, -0.15) is 0 Å². The molecule has 0 radical (unpaired) electrons. The Morgan fingerprint density at radius 2 is 1.41 bits per heavy atom. The molecular formula is C29H34N4O. The van der Waals surface area contributed by atoms with Crippen molar-refractivity contribution >= 4 is 17.3 Å². The highest BCUT2D eigenvalue weighted by molar-refractivity contribution is 6.04. The molecule has 0 aliphatic carbocycles. The van der Waals surface area contributed by atoms with Crippen LogP contribution >= 0.6 is 0 Å². The number of amides is 1. The van der Waals surface area contributed by atoms with Gasteiger partial charge in [-0.25, -0.2) is 0 Å². The molecule has 34 heavy (non-hydrogen) atoms. The van der Waals surface area contributed by atoms with E-state index in [9.17, 15) is 4.79 Å². The van der Waals surface area contributed by atoms with Crippen molar-refractivity contribution in [2.24, 2.45) is 0 Å². The molecule has 2 atom stereocenters. The second-order valence-corrected chi connectivity index (χ2v) is 9.61. The summed E-state index contributed by atoms with van der Waals surface area (Å²) in [4.78, 5) is 17.5. The Bertz CT molecular complexity index is 1070. The number of rotatable bonds is 5. The van der Waals surface area contributed by atoms with Crippen LogP contribution in [0.15, 0.2) is 78.9 Å². The van der Waals surface area contributed by atoms with Crippen LogP contribution < -0.4 is 15.5 Å². The number of piperazine rings is 1. The number of likely N-dealkylation sites (N-methyl/N-ethyl adjacent to an activating group) is 1. The lowest BCUT2D eigenvalue weighted by molar-refractivity contribution is 0.102. The molecule has 5 heteroatoms. The molecule has 0 spiro atoms. The van der Waals surface area contributed by atoms with Gasteiger partial charge in [0.25, 0.3) is 5.91 Å². The first-order valence-corrected chi connectivity index (χ1v) is 12.4. The minimum atomic E-state index is -0.0684. The van der Waals surface area contributed by atoms with E-state index in [0.717, 1.165) is 51.4 Å². The topological polar surface area (TPSA) is 47.6 Å². The average Bonchev–Trinajstić information content (AvgIpc) is 2.90. The molecular weight excluding hydrogens is 420 g/mol. The second-order valence-electron chi connectivity index (χ2n) is 9.61. The molecule has 1 amide bonds. The Balaban J connectivity index is 1.18. The lowest BCUT2D eigenvalue weighted by atomic mass is 9.82. The summed E-state index contributed by atoms with van der Waals surface area (Å²) in [5, 5.41) is 6.66. The van der Waals surface area contributed by atoms with Crippen LogP contribution in [0.4, 0.5) is 11.4 Å². The number of piperidine rings is 1. The average molecular weight is 455 g/mol. The predicted molar refractivity (Wildman–Crippen MR) is 140 cm³/mol. The molecule has 5 nitrogen and oxygen atoms in total. The number of carbonyl (C=O) groups is 1. The third kappa shape index (κ3) is 5.32. The third-order valence-corrected chi connectivity index (χ3v) is 7.26. The fraction of sp³-hybridized carbons (Fsp3) is 0.345. The van der Waals surface area contributed by atoms with Crippen molar-refractivity contribution in [1.29, 1.82) is 0 Å². The second kappa shape index (κ2) is 10.4. The fourth-order valence-corrected chi connectivity index (χ4v) is 5.11. The van der Waals surface area contributed by atoms with Gasteiger partial charge in [0.1, 0.15) is 0 Å². The van der Waals surface area contributed by atoms with Crippen molar-refractivity contribution in [2.75, 3.05) is 56.5 Å². The standard InChI is InChI=1S/C29H34N4O/c1-32-15-17-33(18-16-32)28-13-9-24(10-14-28)29(34)31-27-11-7-23(8-12-27)26-19-25(20-30-21-26)22-5-3-2-4-6-22/h2-14,25-26,30H,15-21H2,1H3,(H,31,34)/t25?,26-/m0/s1. The van der Waals surface area contributed by atoms with Crippen molar-refractivity contribution in [3.8, 4) is 0 Å². The Morgan fingerprint density at radius 1 is 0.794 bits per heavy atom. The Labute approximate surface area is 202 Å². The van der Waals surface area contributed by atoms with Gasteiger partial charge in [0, 0.05) is 56.2 Å². The van der Waals surface area contributed by atoms with E-state index in [2.05, 4.69) is 82.1 Å². The number of nitrogens with zero attached hydrogens (tertiary/aromatic N) is 2. The molecule has 0 bridgehead atoms. The van der Waals surface area contributed by atoms with Crippen molar-refractivity contribution < 1.29 is 4.79 Å². The first-order valence-electron chi connectivity index (χ1n) is 12.4. The van der Waals surface area contributed by atoms with Crippen LogP contribution in [0.3, 0.4) is 0 Å². The highest BCUT2D eigenvalue weighted by atomic mass is 16.1. The zero-order valence-corrected chi connectivity index (χ0v) is 19.9. The van der Waals surface area contributed by atoms with Crippen molar-refractivity contribution in [3.63, 3.8) is 0 Å². The minimum Gasteiger partial charge on any atom is -0.369 e. The van der Waals surface area contributed by atoms with Gasteiger partial charge in [-0.15, -0.1) is 0 Å². The SMILES string of the molecule is CN1CCN(c2ccc(C(=O)Nc3ccc([C@@H]4CNCC(c5ccccc5)C4)cc3)cc2)CC1. The van der Waals surface area contributed by atoms with Gasteiger partial charge < -0.3 is 20.4 Å². The first-order chi connectivity index (χ1) is 16.7. The molecule has 2 N–H and O–H groups in total. The Kier molecular flexibility index (Phi) is 6.93. The molecule has 176 valence electrons. The largest absolute Gasteiger partial charge is 0.369 e. The monoisotopic (exact) mass is 454 g/mol. The molecule has 1 unspecified atom stereocenters. The van der Waals surface area contributed by atoms with Crippen LogP contribution in [0.2, 0.25) is 0 Å². The molecule has 2 aliphatic heterocycles. The Morgan fingerprint density at radius 3 is 2.06 bits per heavy atom. The van der Waals surface area contributed by atoms with E-state index < -0.39 is 0 Å². The fourth-order valence-electron chi connectivity index (χ4n) is 5.11. The number of carbonyl (C=O) groups excluding carboxylic acids is 1. The zero-order chi connectivity index (χ0) is 23.3.